The molecular formula is C22H30O9. The van der Waals surface area contributed by atoms with Gasteiger partial charge in [0.25, 0.3) is 0 Å². The van der Waals surface area contributed by atoms with Crippen LogP contribution in [0.4, 0.5) is 0 Å². The van der Waals surface area contributed by atoms with Crippen LogP contribution in [0.1, 0.15) is 33.1 Å². The van der Waals surface area contributed by atoms with Gasteiger partial charge in [-0.05, 0) is 24.8 Å². The summed E-state index contributed by atoms with van der Waals surface area (Å²) in [7, 11) is 0. The van der Waals surface area contributed by atoms with E-state index >= 15 is 0 Å². The van der Waals surface area contributed by atoms with Crippen molar-refractivity contribution in [1.82, 2.24) is 0 Å². The number of ketones is 1. The third kappa shape index (κ3) is 2.09. The highest BCUT2D eigenvalue weighted by atomic mass is 16.6. The number of carbonyl (C=O) groups is 2. The topological polar surface area (TPSA) is 154 Å². The Morgan fingerprint density at radius 1 is 1.23 bits per heavy atom. The summed E-state index contributed by atoms with van der Waals surface area (Å²) in [6.07, 6.45) is -4.56. The standard InChI is InChI=1S/C22H30O9/c1-9-11-6-12(24)14-20-8-31-22(29,21(14,16(9)26)17(11)27)18(28)15(20)19(3,5-4-13(20)25)7-30-10(2)23/h11-15,17-18,24-25,27-29H,1,4-8H2,2-3H3. The van der Waals surface area contributed by atoms with Gasteiger partial charge in [-0.3, -0.25) is 9.59 Å². The largest absolute Gasteiger partial charge is 0.465 e. The predicted octanol–water partition coefficient (Wildman–Crippen LogP) is -1.11. The second-order valence-electron chi connectivity index (χ2n) is 10.6. The van der Waals surface area contributed by atoms with Gasteiger partial charge in [-0.15, -0.1) is 0 Å². The Labute approximate surface area is 179 Å². The van der Waals surface area contributed by atoms with E-state index in [0.717, 1.165) is 0 Å². The first-order chi connectivity index (χ1) is 14.4. The molecule has 31 heavy (non-hydrogen) atoms. The van der Waals surface area contributed by atoms with Gasteiger partial charge in [-0.25, -0.2) is 0 Å². The summed E-state index contributed by atoms with van der Waals surface area (Å²) in [6.45, 7) is 6.61. The van der Waals surface area contributed by atoms with Crippen LogP contribution >= 0.6 is 0 Å². The molecular weight excluding hydrogens is 408 g/mol. The van der Waals surface area contributed by atoms with Gasteiger partial charge < -0.3 is 35.0 Å². The average molecular weight is 438 g/mol. The molecule has 6 aliphatic rings. The minimum absolute atomic E-state index is 0.0593. The Kier molecular flexibility index (Phi) is 4.26. The number of rotatable bonds is 2. The molecule has 11 unspecified atom stereocenters. The van der Waals surface area contributed by atoms with Crippen LogP contribution in [0.25, 0.3) is 0 Å². The van der Waals surface area contributed by atoms with E-state index in [1.165, 1.54) is 6.92 Å². The highest BCUT2D eigenvalue weighted by Crippen LogP contribution is 2.76. The smallest absolute Gasteiger partial charge is 0.302 e. The van der Waals surface area contributed by atoms with Gasteiger partial charge in [0.1, 0.15) is 11.5 Å². The van der Waals surface area contributed by atoms with Crippen LogP contribution in [0.2, 0.25) is 0 Å². The summed E-state index contributed by atoms with van der Waals surface area (Å²) in [5, 5.41) is 57.1. The van der Waals surface area contributed by atoms with Crippen LogP contribution in [0, 0.1) is 34.0 Å². The van der Waals surface area contributed by atoms with Crippen molar-refractivity contribution in [3.63, 3.8) is 0 Å². The summed E-state index contributed by atoms with van der Waals surface area (Å²) in [5.41, 5.74) is -4.12. The number of hydrogen-bond acceptors (Lipinski definition) is 9. The first kappa shape index (κ1) is 21.5. The molecule has 0 radical (unpaired) electrons. The number of esters is 1. The molecule has 9 heteroatoms. The maximum Gasteiger partial charge on any atom is 0.302 e. The van der Waals surface area contributed by atoms with Gasteiger partial charge in [-0.1, -0.05) is 13.5 Å². The molecule has 11 atom stereocenters. The predicted molar refractivity (Wildman–Crippen MR) is 103 cm³/mol. The third-order valence-corrected chi connectivity index (χ3v) is 9.31. The van der Waals surface area contributed by atoms with E-state index in [-0.39, 0.29) is 31.6 Å². The molecule has 6 fully saturated rings. The normalized spacial score (nSPS) is 57.5. The molecule has 4 bridgehead atoms. The Hall–Kier alpha value is -1.36. The maximum absolute atomic E-state index is 13.5. The van der Waals surface area contributed by atoms with Crippen molar-refractivity contribution in [2.24, 2.45) is 34.0 Å². The first-order valence-electron chi connectivity index (χ1n) is 10.8. The molecule has 4 aliphatic carbocycles. The Morgan fingerprint density at radius 2 is 1.90 bits per heavy atom. The number of aliphatic hydroxyl groups is 5. The van der Waals surface area contributed by atoms with Gasteiger partial charge in [-0.2, -0.15) is 0 Å². The number of Topliss-reactive ketones (excluding diaryl/α,β-unsaturated/α-hetero) is 1. The zero-order chi connectivity index (χ0) is 22.7. The van der Waals surface area contributed by atoms with Crippen molar-refractivity contribution in [2.45, 2.75) is 63.3 Å². The van der Waals surface area contributed by atoms with Crippen LogP contribution in [-0.2, 0) is 19.1 Å². The fraction of sp³-hybridized carbons (Fsp3) is 0.818. The fourth-order valence-electron chi connectivity index (χ4n) is 8.19. The molecule has 6 rings (SSSR count). The highest BCUT2D eigenvalue weighted by Gasteiger charge is 2.88. The number of fused-ring (bicyclic) bond motifs is 2. The van der Waals surface area contributed by atoms with E-state index < -0.39 is 76.0 Å². The minimum Gasteiger partial charge on any atom is -0.465 e. The third-order valence-electron chi connectivity index (χ3n) is 9.31. The van der Waals surface area contributed by atoms with Gasteiger partial charge in [0.05, 0.1) is 31.5 Å². The Bertz CT molecular complexity index is 873. The van der Waals surface area contributed by atoms with Crippen molar-refractivity contribution in [1.29, 1.82) is 0 Å². The number of aliphatic hydroxyl groups excluding tert-OH is 4. The lowest BCUT2D eigenvalue weighted by molar-refractivity contribution is -0.467. The zero-order valence-corrected chi connectivity index (χ0v) is 17.7. The van der Waals surface area contributed by atoms with E-state index in [0.29, 0.717) is 6.42 Å². The van der Waals surface area contributed by atoms with Crippen molar-refractivity contribution in [3.8, 4) is 0 Å². The summed E-state index contributed by atoms with van der Waals surface area (Å²) < 4.78 is 11.0. The summed E-state index contributed by atoms with van der Waals surface area (Å²) in [6, 6.07) is 0. The molecule has 172 valence electrons. The average Bonchev–Trinajstić information content (AvgIpc) is 2.82. The minimum atomic E-state index is -2.48. The van der Waals surface area contributed by atoms with Gasteiger partial charge in [0.15, 0.2) is 5.78 Å². The SMILES string of the molecule is C=C1C(=O)C23C(O)C1CC(O)C2C12COC3(O)C(O)C1C(C)(COC(C)=O)CCC2O. The molecule has 5 N–H and O–H groups in total. The van der Waals surface area contributed by atoms with Gasteiger partial charge in [0, 0.05) is 35.5 Å². The highest BCUT2D eigenvalue weighted by molar-refractivity contribution is 6.05. The van der Waals surface area contributed by atoms with Crippen LogP contribution in [0.15, 0.2) is 12.2 Å². The van der Waals surface area contributed by atoms with E-state index in [1.807, 2.05) is 0 Å². The molecule has 0 aromatic rings. The Morgan fingerprint density at radius 3 is 2.55 bits per heavy atom. The molecule has 0 amide bonds. The summed E-state index contributed by atoms with van der Waals surface area (Å²) >= 11 is 0. The summed E-state index contributed by atoms with van der Waals surface area (Å²) in [5.74, 6) is -6.28. The molecule has 2 saturated heterocycles. The van der Waals surface area contributed by atoms with Crippen LogP contribution < -0.4 is 0 Å². The van der Waals surface area contributed by atoms with Crippen molar-refractivity contribution < 1.29 is 44.6 Å². The monoisotopic (exact) mass is 438 g/mol. The first-order valence-corrected chi connectivity index (χ1v) is 10.8. The molecule has 0 aromatic carbocycles. The van der Waals surface area contributed by atoms with E-state index in [9.17, 15) is 35.1 Å². The lowest BCUT2D eigenvalue weighted by Gasteiger charge is -2.75. The fourth-order valence-corrected chi connectivity index (χ4v) is 8.19. The van der Waals surface area contributed by atoms with Crippen LogP contribution in [-0.4, -0.2) is 80.7 Å². The quantitative estimate of drug-likeness (QED) is 0.267. The van der Waals surface area contributed by atoms with E-state index in [1.54, 1.807) is 6.92 Å². The van der Waals surface area contributed by atoms with Crippen molar-refractivity contribution >= 4 is 11.8 Å². The molecule has 2 aliphatic heterocycles. The van der Waals surface area contributed by atoms with Crippen molar-refractivity contribution in [3.05, 3.63) is 12.2 Å². The van der Waals surface area contributed by atoms with Gasteiger partial charge in [0.2, 0.25) is 5.79 Å². The Balaban J connectivity index is 1.75. The lowest BCUT2D eigenvalue weighted by Crippen LogP contribution is -2.87. The van der Waals surface area contributed by atoms with Crippen LogP contribution in [0.5, 0.6) is 0 Å². The second kappa shape index (κ2) is 6.15. The molecule has 4 saturated carbocycles. The number of carbonyl (C=O) groups excluding carboxylic acids is 2. The number of hydrogen-bond donors (Lipinski definition) is 5. The van der Waals surface area contributed by atoms with E-state index in [2.05, 4.69) is 6.58 Å². The second-order valence-corrected chi connectivity index (χ2v) is 10.6. The molecule has 2 heterocycles. The maximum atomic E-state index is 13.5. The van der Waals surface area contributed by atoms with Crippen LogP contribution in [0.3, 0.4) is 0 Å². The molecule has 9 nitrogen and oxygen atoms in total. The van der Waals surface area contributed by atoms with Crippen molar-refractivity contribution in [2.75, 3.05) is 13.2 Å². The zero-order valence-electron chi connectivity index (χ0n) is 17.7. The molecule has 2 spiro atoms. The lowest BCUT2D eigenvalue weighted by atomic mass is 9.35. The molecule has 0 aromatic heterocycles. The van der Waals surface area contributed by atoms with E-state index in [4.69, 9.17) is 9.47 Å². The van der Waals surface area contributed by atoms with Gasteiger partial charge >= 0.3 is 5.97 Å². The number of ether oxygens (including phenoxy) is 2. The summed E-state index contributed by atoms with van der Waals surface area (Å²) in [4.78, 5) is 25.0.